The van der Waals surface area contributed by atoms with Crippen LogP contribution in [0.2, 0.25) is 0 Å². The highest BCUT2D eigenvalue weighted by atomic mass is 15.1. The van der Waals surface area contributed by atoms with Crippen molar-refractivity contribution >= 4 is 0 Å². The fourth-order valence-electron chi connectivity index (χ4n) is 10.3. The van der Waals surface area contributed by atoms with Crippen LogP contribution in [0.3, 0.4) is 0 Å². The van der Waals surface area contributed by atoms with E-state index in [9.17, 15) is 0 Å². The minimum absolute atomic E-state index is 0.918. The number of aromatic nitrogens is 5. The first-order valence-corrected chi connectivity index (χ1v) is 25.9. The van der Waals surface area contributed by atoms with E-state index in [2.05, 4.69) is 241 Å². The lowest BCUT2D eigenvalue weighted by atomic mass is 9.90. The summed E-state index contributed by atoms with van der Waals surface area (Å²) in [6.45, 7) is 2.14. The number of benzene rings is 9. The number of aryl methyl sites for hydroxylation is 5. The molecule has 12 rings (SSSR count). The lowest BCUT2D eigenvalue weighted by molar-refractivity contribution is 0.931. The van der Waals surface area contributed by atoms with Crippen molar-refractivity contribution in [3.63, 3.8) is 0 Å². The average molecular weight is 966 g/mol. The molecule has 0 radical (unpaired) electrons. The summed E-state index contributed by atoms with van der Waals surface area (Å²) in [4.78, 5) is 14.4. The Kier molecular flexibility index (Phi) is 13.3. The molecule has 0 atom stereocenters. The van der Waals surface area contributed by atoms with Gasteiger partial charge in [0, 0.05) is 59.0 Å². The van der Waals surface area contributed by atoms with Crippen molar-refractivity contribution < 1.29 is 0 Å². The lowest BCUT2D eigenvalue weighted by Gasteiger charge is -2.15. The van der Waals surface area contributed by atoms with Crippen molar-refractivity contribution in [1.82, 2.24) is 24.1 Å². The summed E-state index contributed by atoms with van der Waals surface area (Å²) < 4.78 is 4.29. The zero-order chi connectivity index (χ0) is 50.3. The fourth-order valence-corrected chi connectivity index (χ4v) is 10.3. The van der Waals surface area contributed by atoms with Crippen LogP contribution in [-0.2, 0) is 25.7 Å². The quantitative estimate of drug-likeness (QED) is 0.103. The molecule has 5 nitrogen and oxygen atoms in total. The summed E-state index contributed by atoms with van der Waals surface area (Å²) in [6, 6.07) is 85.3. The average Bonchev–Trinajstić information content (AvgIpc) is 4.19. The third-order valence-electron chi connectivity index (χ3n) is 14.4. The van der Waals surface area contributed by atoms with Gasteiger partial charge in [0.25, 0.3) is 0 Å². The van der Waals surface area contributed by atoms with Gasteiger partial charge in [-0.2, -0.15) is 0 Å². The second-order valence-electron chi connectivity index (χ2n) is 19.3. The number of pyridine rings is 1. The van der Waals surface area contributed by atoms with E-state index >= 15 is 0 Å². The van der Waals surface area contributed by atoms with E-state index in [1.165, 1.54) is 66.8 Å². The van der Waals surface area contributed by atoms with E-state index in [4.69, 9.17) is 15.0 Å². The molecule has 0 saturated carbocycles. The summed E-state index contributed by atoms with van der Waals surface area (Å²) in [7, 11) is 0. The van der Waals surface area contributed by atoms with Crippen LogP contribution in [-0.4, -0.2) is 24.1 Å². The Hall–Kier alpha value is -9.45. The van der Waals surface area contributed by atoms with Crippen LogP contribution in [0.15, 0.2) is 268 Å². The Balaban J connectivity index is 0.814. The first-order valence-electron chi connectivity index (χ1n) is 25.9. The van der Waals surface area contributed by atoms with Crippen LogP contribution in [0, 0.1) is 6.92 Å². The molecule has 9 aromatic carbocycles. The standard InChI is InChI=1S/C70H55N5/c1-50-49-73-68(48-67(50)58-35-33-56(34-36-58)55-13-5-2-6-14-55)59-39-37-57(38-40-59)65-19-11-12-20-66(65)62-46-53(23-21-51-25-29-60(30-26-51)69-71-41-43-74(69)63-15-7-3-8-16-63)45-54(47-62)24-22-52-27-31-61(32-28-52)70-72-42-44-75(70)64-17-9-4-10-18-64/h2-20,25-49H,21-24H2,1H3. The fraction of sp³-hybridized carbons (Fsp3) is 0.0714. The summed E-state index contributed by atoms with van der Waals surface area (Å²) in [5.41, 5.74) is 22.5. The second kappa shape index (κ2) is 21.3. The number of imidazole rings is 2. The molecule has 0 unspecified atom stereocenters. The largest absolute Gasteiger partial charge is 0.300 e. The SMILES string of the molecule is Cc1cnc(-c2ccc(-c3ccccc3-c3cc(CCc4ccc(-c5nccn5-c5ccccc5)cc4)cc(CCc4ccc(-c5nccn5-c5ccccc5)cc4)c3)cc2)cc1-c1ccc(-c2ccccc2)cc1. The maximum absolute atomic E-state index is 4.92. The molecule has 75 heavy (non-hydrogen) atoms. The van der Waals surface area contributed by atoms with Crippen molar-refractivity contribution in [2.45, 2.75) is 32.6 Å². The highest BCUT2D eigenvalue weighted by Crippen LogP contribution is 2.36. The molecule has 0 amide bonds. The first kappa shape index (κ1) is 46.6. The van der Waals surface area contributed by atoms with E-state index in [1.807, 2.05) is 43.1 Å². The van der Waals surface area contributed by atoms with E-state index in [0.29, 0.717) is 0 Å². The maximum Gasteiger partial charge on any atom is 0.144 e. The van der Waals surface area contributed by atoms with Crippen molar-refractivity contribution in [1.29, 1.82) is 0 Å². The molecule has 0 aliphatic carbocycles. The van der Waals surface area contributed by atoms with Crippen LogP contribution in [0.1, 0.15) is 27.8 Å². The number of para-hydroxylation sites is 2. The number of hydrogen-bond donors (Lipinski definition) is 0. The molecule has 0 aliphatic rings. The normalized spacial score (nSPS) is 11.2. The molecule has 0 N–H and O–H groups in total. The van der Waals surface area contributed by atoms with Gasteiger partial charge >= 0.3 is 0 Å². The minimum Gasteiger partial charge on any atom is -0.300 e. The Labute approximate surface area is 439 Å². The molecule has 360 valence electrons. The van der Waals surface area contributed by atoms with Crippen molar-refractivity contribution in [2.75, 3.05) is 0 Å². The van der Waals surface area contributed by atoms with Gasteiger partial charge in [0.05, 0.1) is 5.69 Å². The molecule has 0 bridgehead atoms. The van der Waals surface area contributed by atoms with Gasteiger partial charge in [0.2, 0.25) is 0 Å². The highest BCUT2D eigenvalue weighted by Gasteiger charge is 2.15. The predicted octanol–water partition coefficient (Wildman–Crippen LogP) is 17.0. The van der Waals surface area contributed by atoms with Crippen molar-refractivity contribution in [3.8, 4) is 89.9 Å². The van der Waals surface area contributed by atoms with Crippen molar-refractivity contribution in [3.05, 3.63) is 295 Å². The van der Waals surface area contributed by atoms with Crippen LogP contribution in [0.25, 0.3) is 89.9 Å². The third-order valence-corrected chi connectivity index (χ3v) is 14.4. The van der Waals surface area contributed by atoms with Crippen LogP contribution < -0.4 is 0 Å². The number of rotatable bonds is 15. The third kappa shape index (κ3) is 10.3. The van der Waals surface area contributed by atoms with Gasteiger partial charge in [-0.1, -0.05) is 206 Å². The summed E-state index contributed by atoms with van der Waals surface area (Å²) in [6.07, 6.45) is 13.5. The van der Waals surface area contributed by atoms with Gasteiger partial charge in [-0.3, -0.25) is 14.1 Å². The lowest BCUT2D eigenvalue weighted by Crippen LogP contribution is -1.99. The zero-order valence-electron chi connectivity index (χ0n) is 42.0. The topological polar surface area (TPSA) is 48.5 Å². The Morgan fingerprint density at radius 3 is 1.23 bits per heavy atom. The van der Waals surface area contributed by atoms with Gasteiger partial charge in [-0.05, 0) is 135 Å². The maximum atomic E-state index is 4.92. The van der Waals surface area contributed by atoms with Crippen molar-refractivity contribution in [2.24, 2.45) is 0 Å². The molecular weight excluding hydrogens is 911 g/mol. The van der Waals surface area contributed by atoms with Crippen LogP contribution >= 0.6 is 0 Å². The predicted molar refractivity (Wildman–Crippen MR) is 309 cm³/mol. The minimum atomic E-state index is 0.918. The Morgan fingerprint density at radius 2 is 0.707 bits per heavy atom. The molecule has 0 aliphatic heterocycles. The van der Waals surface area contributed by atoms with E-state index < -0.39 is 0 Å². The Bertz CT molecular complexity index is 3690. The Morgan fingerprint density at radius 1 is 0.307 bits per heavy atom. The number of hydrogen-bond acceptors (Lipinski definition) is 3. The van der Waals surface area contributed by atoms with E-state index in [-0.39, 0.29) is 0 Å². The summed E-state index contributed by atoms with van der Waals surface area (Å²) in [5.74, 6) is 1.88. The molecule has 0 saturated heterocycles. The van der Waals surface area contributed by atoms with Gasteiger partial charge in [-0.15, -0.1) is 0 Å². The zero-order valence-corrected chi connectivity index (χ0v) is 42.0. The smallest absolute Gasteiger partial charge is 0.144 e. The molecular formula is C70H55N5. The molecule has 0 spiro atoms. The second-order valence-corrected chi connectivity index (χ2v) is 19.3. The molecule has 3 heterocycles. The van der Waals surface area contributed by atoms with Gasteiger partial charge in [0.1, 0.15) is 11.6 Å². The monoisotopic (exact) mass is 965 g/mol. The van der Waals surface area contributed by atoms with Gasteiger partial charge in [0.15, 0.2) is 0 Å². The number of nitrogens with zero attached hydrogens (tertiary/aromatic N) is 5. The molecule has 12 aromatic rings. The van der Waals surface area contributed by atoms with E-state index in [0.717, 1.165) is 76.7 Å². The molecule has 0 fully saturated rings. The van der Waals surface area contributed by atoms with E-state index in [1.54, 1.807) is 0 Å². The molecule has 5 heteroatoms. The summed E-state index contributed by atoms with van der Waals surface area (Å²) in [5, 5.41) is 0. The first-order chi connectivity index (χ1) is 37.1. The van der Waals surface area contributed by atoms with Gasteiger partial charge < -0.3 is 0 Å². The van der Waals surface area contributed by atoms with Crippen LogP contribution in [0.5, 0.6) is 0 Å². The summed E-state index contributed by atoms with van der Waals surface area (Å²) >= 11 is 0. The molecule has 3 aromatic heterocycles. The van der Waals surface area contributed by atoms with Gasteiger partial charge in [-0.25, -0.2) is 9.97 Å². The highest BCUT2D eigenvalue weighted by molar-refractivity contribution is 5.85. The van der Waals surface area contributed by atoms with Crippen LogP contribution in [0.4, 0.5) is 0 Å².